The van der Waals surface area contributed by atoms with E-state index >= 15 is 0 Å². The van der Waals surface area contributed by atoms with Crippen molar-refractivity contribution in [1.82, 2.24) is 9.79 Å². The molecule has 0 aromatic heterocycles. The zero-order chi connectivity index (χ0) is 16.2. The molecule has 1 aliphatic heterocycles. The van der Waals surface area contributed by atoms with Crippen molar-refractivity contribution >= 4 is 23.9 Å². The third kappa shape index (κ3) is 3.82. The van der Waals surface area contributed by atoms with Crippen LogP contribution in [0.3, 0.4) is 0 Å². The van der Waals surface area contributed by atoms with Gasteiger partial charge in [0.25, 0.3) is 5.91 Å². The minimum absolute atomic E-state index is 0.526. The number of carbonyl (C=O) groups is 1. The third-order valence-corrected chi connectivity index (χ3v) is 4.95. The van der Waals surface area contributed by atoms with Gasteiger partial charge >= 0.3 is 0 Å². The lowest BCUT2D eigenvalue weighted by Crippen LogP contribution is -2.14. The van der Waals surface area contributed by atoms with Crippen molar-refractivity contribution in [3.05, 3.63) is 70.8 Å². The third-order valence-electron chi connectivity index (χ3n) is 3.78. The zero-order valence-electron chi connectivity index (χ0n) is 12.8. The molecule has 4 nitrogen and oxygen atoms in total. The first-order chi connectivity index (χ1) is 11.2. The number of nitrogens with one attached hydrogen (secondary N) is 1. The van der Waals surface area contributed by atoms with Crippen LogP contribution in [0.25, 0.3) is 6.08 Å². The molecule has 3 rings (SSSR count). The van der Waals surface area contributed by atoms with Gasteiger partial charge in [0.1, 0.15) is 0 Å². The van der Waals surface area contributed by atoms with Crippen molar-refractivity contribution in [3.63, 3.8) is 0 Å². The monoisotopic (exact) mass is 326 g/mol. The lowest BCUT2D eigenvalue weighted by atomic mass is 10.1. The van der Waals surface area contributed by atoms with Gasteiger partial charge in [-0.2, -0.15) is 0 Å². The summed E-state index contributed by atoms with van der Waals surface area (Å²) >= 11 is 1.78. The Balaban J connectivity index is 1.70. The molecule has 0 fully saturated rings. The van der Waals surface area contributed by atoms with Crippen LogP contribution in [0.1, 0.15) is 22.3 Å². The molecule has 1 heterocycles. The van der Waals surface area contributed by atoms with Crippen LogP contribution in [0.5, 0.6) is 0 Å². The second-order valence-corrected chi connectivity index (χ2v) is 6.63. The van der Waals surface area contributed by atoms with E-state index in [0.29, 0.717) is 0 Å². The topological polar surface area (TPSA) is 52.6 Å². The fourth-order valence-electron chi connectivity index (χ4n) is 2.56. The molecule has 0 bridgehead atoms. The molecular weight excluding hydrogens is 308 g/mol. The SMILES string of the molecule is Cc1ccccc1SN1Cc2ccc(/C=C/C(=O)NO)cc2C1. The summed E-state index contributed by atoms with van der Waals surface area (Å²) in [6.45, 7) is 3.91. The maximum atomic E-state index is 11.0. The first-order valence-electron chi connectivity index (χ1n) is 7.38. The number of hydrogen-bond acceptors (Lipinski definition) is 4. The van der Waals surface area contributed by atoms with E-state index in [0.717, 1.165) is 18.7 Å². The summed E-state index contributed by atoms with van der Waals surface area (Å²) in [5.41, 5.74) is 6.42. The highest BCUT2D eigenvalue weighted by atomic mass is 32.2. The lowest BCUT2D eigenvalue weighted by Gasteiger charge is -2.14. The Morgan fingerprint density at radius 2 is 2.00 bits per heavy atom. The van der Waals surface area contributed by atoms with E-state index in [2.05, 4.69) is 47.6 Å². The number of fused-ring (bicyclic) bond motifs is 1. The van der Waals surface area contributed by atoms with Gasteiger partial charge in [-0.3, -0.25) is 10.0 Å². The van der Waals surface area contributed by atoms with Crippen molar-refractivity contribution in [1.29, 1.82) is 0 Å². The number of amides is 1. The Kier molecular flexibility index (Phi) is 4.81. The van der Waals surface area contributed by atoms with Crippen LogP contribution in [0.2, 0.25) is 0 Å². The van der Waals surface area contributed by atoms with Crippen molar-refractivity contribution < 1.29 is 10.0 Å². The van der Waals surface area contributed by atoms with E-state index in [4.69, 9.17) is 5.21 Å². The Bertz CT molecular complexity index is 758. The van der Waals surface area contributed by atoms with Crippen LogP contribution >= 0.6 is 11.9 Å². The van der Waals surface area contributed by atoms with Crippen molar-refractivity contribution in [2.75, 3.05) is 0 Å². The molecule has 1 aliphatic rings. The molecule has 2 aromatic rings. The van der Waals surface area contributed by atoms with Gasteiger partial charge in [0, 0.05) is 24.1 Å². The van der Waals surface area contributed by atoms with E-state index < -0.39 is 5.91 Å². The van der Waals surface area contributed by atoms with Crippen LogP contribution in [-0.2, 0) is 17.9 Å². The summed E-state index contributed by atoms with van der Waals surface area (Å²) in [6, 6.07) is 14.6. The Morgan fingerprint density at radius 1 is 1.22 bits per heavy atom. The Labute approximate surface area is 139 Å². The van der Waals surface area contributed by atoms with Gasteiger partial charge in [-0.1, -0.05) is 36.4 Å². The molecular formula is C18H18N2O2S. The number of hydrogen-bond donors (Lipinski definition) is 2. The minimum Gasteiger partial charge on any atom is -0.288 e. The van der Waals surface area contributed by atoms with E-state index in [1.54, 1.807) is 23.5 Å². The van der Waals surface area contributed by atoms with Gasteiger partial charge in [-0.05, 0) is 53.3 Å². The highest BCUT2D eigenvalue weighted by molar-refractivity contribution is 7.97. The second-order valence-electron chi connectivity index (χ2n) is 5.49. The van der Waals surface area contributed by atoms with Crippen molar-refractivity contribution in [2.24, 2.45) is 0 Å². The average Bonchev–Trinajstić information content (AvgIpc) is 2.96. The van der Waals surface area contributed by atoms with Crippen LogP contribution in [0.15, 0.2) is 53.4 Å². The number of carbonyl (C=O) groups excluding carboxylic acids is 1. The summed E-state index contributed by atoms with van der Waals surface area (Å²) in [7, 11) is 0. The van der Waals surface area contributed by atoms with E-state index in [9.17, 15) is 4.79 Å². The highest BCUT2D eigenvalue weighted by Gasteiger charge is 2.20. The Hall–Kier alpha value is -2.08. The maximum absolute atomic E-state index is 11.0. The number of aryl methyl sites for hydroxylation is 1. The van der Waals surface area contributed by atoms with E-state index in [1.165, 1.54) is 27.7 Å². The number of benzene rings is 2. The molecule has 5 heteroatoms. The molecule has 2 aromatic carbocycles. The summed E-state index contributed by atoms with van der Waals surface area (Å²) in [4.78, 5) is 12.3. The first-order valence-corrected chi connectivity index (χ1v) is 8.15. The predicted molar refractivity (Wildman–Crippen MR) is 91.7 cm³/mol. The predicted octanol–water partition coefficient (Wildman–Crippen LogP) is 3.54. The molecule has 0 aliphatic carbocycles. The maximum Gasteiger partial charge on any atom is 0.267 e. The van der Waals surface area contributed by atoms with Gasteiger partial charge in [-0.15, -0.1) is 0 Å². The molecule has 2 N–H and O–H groups in total. The number of rotatable bonds is 4. The summed E-state index contributed by atoms with van der Waals surface area (Å²) < 4.78 is 2.33. The molecule has 1 amide bonds. The number of hydroxylamine groups is 1. The largest absolute Gasteiger partial charge is 0.288 e. The van der Waals surface area contributed by atoms with Gasteiger partial charge in [0.05, 0.1) is 0 Å². The standard InChI is InChI=1S/C18H18N2O2S/c1-13-4-2-3-5-17(13)23-20-11-15-8-6-14(10-16(15)12-20)7-9-18(21)19-22/h2-10,22H,11-12H2,1H3,(H,19,21)/b9-7+. The van der Waals surface area contributed by atoms with Crippen LogP contribution in [0, 0.1) is 6.92 Å². The van der Waals surface area contributed by atoms with Crippen LogP contribution < -0.4 is 5.48 Å². The molecule has 23 heavy (non-hydrogen) atoms. The first kappa shape index (κ1) is 15.8. The average molecular weight is 326 g/mol. The summed E-state index contributed by atoms with van der Waals surface area (Å²) in [6.07, 6.45) is 3.01. The van der Waals surface area contributed by atoms with Crippen molar-refractivity contribution in [2.45, 2.75) is 24.9 Å². The summed E-state index contributed by atoms with van der Waals surface area (Å²) in [5, 5.41) is 8.50. The van der Waals surface area contributed by atoms with Crippen LogP contribution in [-0.4, -0.2) is 15.4 Å². The quantitative estimate of drug-likeness (QED) is 0.390. The lowest BCUT2D eigenvalue weighted by molar-refractivity contribution is -0.124. The number of nitrogens with zero attached hydrogens (tertiary/aromatic N) is 1. The fourth-order valence-corrected chi connectivity index (χ4v) is 3.60. The molecule has 0 atom stereocenters. The fraction of sp³-hybridized carbons (Fsp3) is 0.167. The molecule has 118 valence electrons. The Morgan fingerprint density at radius 3 is 2.78 bits per heavy atom. The molecule has 0 saturated heterocycles. The molecule has 0 spiro atoms. The molecule has 0 radical (unpaired) electrons. The van der Waals surface area contributed by atoms with E-state index in [-0.39, 0.29) is 0 Å². The smallest absolute Gasteiger partial charge is 0.267 e. The molecule has 0 saturated carbocycles. The normalized spacial score (nSPS) is 14.2. The van der Waals surface area contributed by atoms with Crippen LogP contribution in [0.4, 0.5) is 0 Å². The van der Waals surface area contributed by atoms with Gasteiger partial charge < -0.3 is 0 Å². The van der Waals surface area contributed by atoms with Gasteiger partial charge in [-0.25, -0.2) is 9.79 Å². The van der Waals surface area contributed by atoms with E-state index in [1.807, 2.05) is 6.07 Å². The zero-order valence-corrected chi connectivity index (χ0v) is 13.6. The van der Waals surface area contributed by atoms with Crippen molar-refractivity contribution in [3.8, 4) is 0 Å². The second kappa shape index (κ2) is 7.00. The summed E-state index contributed by atoms with van der Waals surface area (Å²) in [5.74, 6) is -0.526. The molecule has 0 unspecified atom stereocenters. The van der Waals surface area contributed by atoms with Gasteiger partial charge in [0.2, 0.25) is 0 Å². The van der Waals surface area contributed by atoms with Gasteiger partial charge in [0.15, 0.2) is 0 Å². The highest BCUT2D eigenvalue weighted by Crippen LogP contribution is 2.34. The minimum atomic E-state index is -0.526.